The highest BCUT2D eigenvalue weighted by Gasteiger charge is 2.08. The molecular weight excluding hydrogens is 282 g/mol. The molecule has 0 unspecified atom stereocenters. The number of aromatic nitrogens is 1. The summed E-state index contributed by atoms with van der Waals surface area (Å²) < 4.78 is 10.5. The number of carbonyl (C=O) groups is 1. The number of nitrogens with one attached hydrogen (secondary N) is 1. The van der Waals surface area contributed by atoms with Gasteiger partial charge in [0, 0.05) is 12.3 Å². The minimum Gasteiger partial charge on any atom is -0.493 e. The van der Waals surface area contributed by atoms with Crippen LogP contribution in [0.3, 0.4) is 0 Å². The number of methoxy groups -OCH3 is 1. The van der Waals surface area contributed by atoms with Crippen LogP contribution in [0.2, 0.25) is 0 Å². The Hall–Kier alpha value is -3.07. The molecule has 0 saturated carbocycles. The lowest BCUT2D eigenvalue weighted by atomic mass is 10.2. The normalized spacial score (nSPS) is 9.64. The summed E-state index contributed by atoms with van der Waals surface area (Å²) in [7, 11) is 1.48. The van der Waals surface area contributed by atoms with Crippen molar-refractivity contribution in [1.29, 1.82) is 5.26 Å². The second-order valence-electron chi connectivity index (χ2n) is 4.36. The molecule has 0 saturated heterocycles. The molecule has 2 rings (SSSR count). The summed E-state index contributed by atoms with van der Waals surface area (Å²) in [6.07, 6.45) is 1.67. The summed E-state index contributed by atoms with van der Waals surface area (Å²) in [6, 6.07) is 12.3. The molecule has 1 amide bonds. The van der Waals surface area contributed by atoms with E-state index >= 15 is 0 Å². The third-order valence-electron chi connectivity index (χ3n) is 2.84. The maximum Gasteiger partial charge on any atom is 0.258 e. The molecule has 22 heavy (non-hydrogen) atoms. The van der Waals surface area contributed by atoms with Crippen LogP contribution in [0.25, 0.3) is 0 Å². The smallest absolute Gasteiger partial charge is 0.258 e. The van der Waals surface area contributed by atoms with Crippen LogP contribution < -0.4 is 14.8 Å². The zero-order chi connectivity index (χ0) is 15.8. The fraction of sp³-hybridized carbons (Fsp3) is 0.188. The van der Waals surface area contributed by atoms with Gasteiger partial charge in [0.2, 0.25) is 0 Å². The third kappa shape index (κ3) is 4.21. The van der Waals surface area contributed by atoms with Crippen molar-refractivity contribution < 1.29 is 14.3 Å². The second kappa shape index (κ2) is 7.64. The van der Waals surface area contributed by atoms with E-state index in [1.165, 1.54) is 7.11 Å². The van der Waals surface area contributed by atoms with E-state index in [0.717, 1.165) is 5.69 Å². The van der Waals surface area contributed by atoms with Crippen LogP contribution >= 0.6 is 0 Å². The summed E-state index contributed by atoms with van der Waals surface area (Å²) in [5.41, 5.74) is 1.23. The number of benzene rings is 1. The highest BCUT2D eigenvalue weighted by molar-refractivity contribution is 5.77. The molecule has 6 heteroatoms. The molecule has 1 N–H and O–H groups in total. The number of hydrogen-bond donors (Lipinski definition) is 1. The Balaban J connectivity index is 1.87. The van der Waals surface area contributed by atoms with Crippen molar-refractivity contribution in [3.63, 3.8) is 0 Å². The molecule has 1 aromatic carbocycles. The molecule has 0 aliphatic rings. The number of hydrogen-bond acceptors (Lipinski definition) is 5. The summed E-state index contributed by atoms with van der Waals surface area (Å²) in [5.74, 6) is 0.558. The molecule has 0 fully saturated rings. The summed E-state index contributed by atoms with van der Waals surface area (Å²) in [6.45, 7) is 0.197. The quantitative estimate of drug-likeness (QED) is 0.876. The van der Waals surface area contributed by atoms with Gasteiger partial charge >= 0.3 is 0 Å². The Bertz CT molecular complexity index is 681. The predicted octanol–water partition coefficient (Wildman–Crippen LogP) is 1.66. The van der Waals surface area contributed by atoms with Gasteiger partial charge in [0.05, 0.1) is 31.0 Å². The van der Waals surface area contributed by atoms with E-state index in [-0.39, 0.29) is 12.5 Å². The number of nitriles is 1. The van der Waals surface area contributed by atoms with Crippen LogP contribution in [0.4, 0.5) is 0 Å². The topological polar surface area (TPSA) is 84.2 Å². The first kappa shape index (κ1) is 15.3. The van der Waals surface area contributed by atoms with E-state index in [1.54, 1.807) is 24.4 Å². The van der Waals surface area contributed by atoms with Gasteiger partial charge in [0.15, 0.2) is 18.1 Å². The van der Waals surface area contributed by atoms with Gasteiger partial charge < -0.3 is 14.8 Å². The lowest BCUT2D eigenvalue weighted by molar-refractivity contribution is -0.123. The fourth-order valence-electron chi connectivity index (χ4n) is 1.74. The lowest BCUT2D eigenvalue weighted by Crippen LogP contribution is -2.28. The van der Waals surface area contributed by atoms with Gasteiger partial charge in [0.25, 0.3) is 5.91 Å². The van der Waals surface area contributed by atoms with E-state index in [9.17, 15) is 4.79 Å². The van der Waals surface area contributed by atoms with Gasteiger partial charge in [-0.05, 0) is 24.3 Å². The van der Waals surface area contributed by atoms with E-state index < -0.39 is 0 Å². The van der Waals surface area contributed by atoms with Gasteiger partial charge in [-0.1, -0.05) is 6.07 Å². The van der Waals surface area contributed by atoms with E-state index in [4.69, 9.17) is 14.7 Å². The molecule has 6 nitrogen and oxygen atoms in total. The highest BCUT2D eigenvalue weighted by Crippen LogP contribution is 2.27. The number of pyridine rings is 1. The third-order valence-corrected chi connectivity index (χ3v) is 2.84. The minimum atomic E-state index is -0.267. The monoisotopic (exact) mass is 297 g/mol. The lowest BCUT2D eigenvalue weighted by Gasteiger charge is -2.11. The van der Waals surface area contributed by atoms with Gasteiger partial charge in [-0.15, -0.1) is 0 Å². The first-order valence-electron chi connectivity index (χ1n) is 6.60. The van der Waals surface area contributed by atoms with Crippen LogP contribution in [0.1, 0.15) is 11.3 Å². The molecule has 0 bridgehead atoms. The summed E-state index contributed by atoms with van der Waals surface area (Å²) >= 11 is 0. The maximum absolute atomic E-state index is 11.8. The number of carbonyl (C=O) groups excluding carboxylic acids is 1. The molecule has 0 aliphatic heterocycles. The largest absolute Gasteiger partial charge is 0.493 e. The highest BCUT2D eigenvalue weighted by atomic mass is 16.5. The molecule has 112 valence electrons. The Labute approximate surface area is 128 Å². The molecule has 1 heterocycles. The first-order chi connectivity index (χ1) is 10.7. The van der Waals surface area contributed by atoms with Crippen LogP contribution in [0.15, 0.2) is 42.6 Å². The van der Waals surface area contributed by atoms with Crippen molar-refractivity contribution >= 4 is 5.91 Å². The van der Waals surface area contributed by atoms with Crippen LogP contribution in [0.5, 0.6) is 11.5 Å². The van der Waals surface area contributed by atoms with Crippen molar-refractivity contribution in [3.8, 4) is 17.6 Å². The van der Waals surface area contributed by atoms with Gasteiger partial charge in [-0.25, -0.2) is 0 Å². The molecule has 1 aromatic heterocycles. The first-order valence-corrected chi connectivity index (χ1v) is 6.60. The Kier molecular flexibility index (Phi) is 5.32. The van der Waals surface area contributed by atoms with Crippen LogP contribution in [-0.2, 0) is 11.3 Å². The van der Waals surface area contributed by atoms with Crippen molar-refractivity contribution in [1.82, 2.24) is 10.3 Å². The Morgan fingerprint density at radius 1 is 1.32 bits per heavy atom. The Morgan fingerprint density at radius 3 is 2.86 bits per heavy atom. The van der Waals surface area contributed by atoms with Gasteiger partial charge in [-0.2, -0.15) is 5.26 Å². The van der Waals surface area contributed by atoms with E-state index in [0.29, 0.717) is 23.6 Å². The van der Waals surface area contributed by atoms with Gasteiger partial charge in [-0.3, -0.25) is 9.78 Å². The van der Waals surface area contributed by atoms with Crippen LogP contribution in [-0.4, -0.2) is 24.6 Å². The van der Waals surface area contributed by atoms with E-state index in [1.807, 2.05) is 24.3 Å². The zero-order valence-electron chi connectivity index (χ0n) is 12.1. The predicted molar refractivity (Wildman–Crippen MR) is 79.3 cm³/mol. The van der Waals surface area contributed by atoms with E-state index in [2.05, 4.69) is 10.3 Å². The standard InChI is InChI=1S/C16H15N3O3/c1-21-15-8-12(9-17)5-6-14(15)22-11-16(20)19-10-13-4-2-3-7-18-13/h2-8H,10-11H2,1H3,(H,19,20). The van der Waals surface area contributed by atoms with Crippen molar-refractivity contribution in [2.45, 2.75) is 6.54 Å². The summed E-state index contributed by atoms with van der Waals surface area (Å²) in [5, 5.41) is 11.5. The SMILES string of the molecule is COc1cc(C#N)ccc1OCC(=O)NCc1ccccn1. The number of amides is 1. The number of rotatable bonds is 6. The molecule has 0 atom stereocenters. The number of nitrogens with zero attached hydrogens (tertiary/aromatic N) is 2. The van der Waals surface area contributed by atoms with Crippen LogP contribution in [0, 0.1) is 11.3 Å². The zero-order valence-corrected chi connectivity index (χ0v) is 12.1. The molecule has 0 radical (unpaired) electrons. The molecular formula is C16H15N3O3. The van der Waals surface area contributed by atoms with Crippen molar-refractivity contribution in [3.05, 3.63) is 53.9 Å². The maximum atomic E-state index is 11.8. The van der Waals surface area contributed by atoms with Crippen molar-refractivity contribution in [2.24, 2.45) is 0 Å². The number of ether oxygens (including phenoxy) is 2. The molecule has 0 aliphatic carbocycles. The molecule has 0 spiro atoms. The second-order valence-corrected chi connectivity index (χ2v) is 4.36. The van der Waals surface area contributed by atoms with Gasteiger partial charge in [0.1, 0.15) is 0 Å². The van der Waals surface area contributed by atoms with Crippen molar-refractivity contribution in [2.75, 3.05) is 13.7 Å². The summed E-state index contributed by atoms with van der Waals surface area (Å²) in [4.78, 5) is 15.9. The average Bonchev–Trinajstić information content (AvgIpc) is 2.58. The Morgan fingerprint density at radius 2 is 2.18 bits per heavy atom. The minimum absolute atomic E-state index is 0.144. The molecule has 2 aromatic rings. The fourth-order valence-corrected chi connectivity index (χ4v) is 1.74. The average molecular weight is 297 g/mol.